The van der Waals surface area contributed by atoms with Crippen LogP contribution >= 0.6 is 0 Å². The van der Waals surface area contributed by atoms with Gasteiger partial charge in [-0.3, -0.25) is 4.79 Å². The molecule has 1 fully saturated rings. The van der Waals surface area contributed by atoms with Gasteiger partial charge in [-0.05, 0) is 35.3 Å². The molecule has 0 aromatic rings. The maximum absolute atomic E-state index is 13.0. The Morgan fingerprint density at radius 1 is 1.23 bits per heavy atom. The first-order chi connectivity index (χ1) is 12.2. The van der Waals surface area contributed by atoms with E-state index in [1.165, 1.54) is 0 Å². The number of aliphatic hydroxyl groups is 2. The lowest BCUT2D eigenvalue weighted by atomic mass is 9.52. The van der Waals surface area contributed by atoms with Gasteiger partial charge in [-0.25, -0.2) is 4.79 Å². The number of fused-ring (bicyclic) bond motifs is 4. The van der Waals surface area contributed by atoms with Crippen LogP contribution in [0.3, 0.4) is 0 Å². The van der Waals surface area contributed by atoms with Crippen LogP contribution in [-0.2, 0) is 19.1 Å². The molecular formula is C20H24O6. The molecule has 0 amide bonds. The molecule has 0 saturated carbocycles. The minimum Gasteiger partial charge on any atom is -0.458 e. The van der Waals surface area contributed by atoms with Crippen molar-refractivity contribution in [2.45, 2.75) is 63.9 Å². The Morgan fingerprint density at radius 2 is 1.96 bits per heavy atom. The molecule has 3 aliphatic carbocycles. The smallest absolute Gasteiger partial charge is 0.334 e. The summed E-state index contributed by atoms with van der Waals surface area (Å²) in [5.74, 6) is -0.582. The van der Waals surface area contributed by atoms with E-state index in [1.54, 1.807) is 0 Å². The molecule has 5 aliphatic rings. The summed E-state index contributed by atoms with van der Waals surface area (Å²) in [6, 6.07) is 0. The van der Waals surface area contributed by atoms with E-state index in [4.69, 9.17) is 9.47 Å². The second-order valence-corrected chi connectivity index (χ2v) is 8.90. The average Bonchev–Trinajstić information content (AvgIpc) is 3.26. The molecule has 6 atom stereocenters. The number of epoxide rings is 1. The van der Waals surface area contributed by atoms with E-state index in [-0.39, 0.29) is 36.6 Å². The molecule has 1 saturated heterocycles. The Morgan fingerprint density at radius 3 is 2.65 bits per heavy atom. The summed E-state index contributed by atoms with van der Waals surface area (Å²) in [6.45, 7) is 6.17. The molecule has 6 heteroatoms. The lowest BCUT2D eigenvalue weighted by molar-refractivity contribution is -0.136. The Balaban J connectivity index is 1.67. The molecule has 5 rings (SSSR count). The number of esters is 1. The predicted molar refractivity (Wildman–Crippen MR) is 89.9 cm³/mol. The third-order valence-electron chi connectivity index (χ3n) is 7.58. The largest absolute Gasteiger partial charge is 0.458 e. The fraction of sp³-hybridized carbons (Fsp3) is 0.700. The molecule has 0 aromatic heterocycles. The van der Waals surface area contributed by atoms with Crippen LogP contribution in [0, 0.1) is 17.3 Å². The van der Waals surface area contributed by atoms with Crippen molar-refractivity contribution in [3.8, 4) is 0 Å². The van der Waals surface area contributed by atoms with Gasteiger partial charge in [0.05, 0.1) is 0 Å². The predicted octanol–water partition coefficient (Wildman–Crippen LogP) is 1.05. The number of ether oxygens (including phenoxy) is 2. The number of ketones is 1. The Kier molecular flexibility index (Phi) is 3.11. The molecule has 26 heavy (non-hydrogen) atoms. The van der Waals surface area contributed by atoms with E-state index in [0.717, 1.165) is 5.57 Å². The molecule has 2 aliphatic heterocycles. The minimum atomic E-state index is -1.01. The van der Waals surface area contributed by atoms with Crippen molar-refractivity contribution in [1.29, 1.82) is 0 Å². The highest BCUT2D eigenvalue weighted by atomic mass is 16.6. The van der Waals surface area contributed by atoms with Crippen molar-refractivity contribution in [1.82, 2.24) is 0 Å². The van der Waals surface area contributed by atoms with Gasteiger partial charge >= 0.3 is 5.97 Å². The maximum atomic E-state index is 13.0. The zero-order chi connectivity index (χ0) is 18.6. The Labute approximate surface area is 151 Å². The minimum absolute atomic E-state index is 0.00829. The van der Waals surface area contributed by atoms with Crippen LogP contribution in [-0.4, -0.2) is 52.5 Å². The Bertz CT molecular complexity index is 807. The number of hydrogen-bond donors (Lipinski definition) is 2. The van der Waals surface area contributed by atoms with Crippen molar-refractivity contribution in [3.05, 3.63) is 22.3 Å². The third kappa shape index (κ3) is 1.69. The lowest BCUT2D eigenvalue weighted by Crippen LogP contribution is -2.55. The van der Waals surface area contributed by atoms with Gasteiger partial charge in [-0.15, -0.1) is 0 Å². The first-order valence-electron chi connectivity index (χ1n) is 9.44. The average molecular weight is 360 g/mol. The number of aliphatic hydroxyl groups excluding tert-OH is 2. The van der Waals surface area contributed by atoms with Gasteiger partial charge in [0.25, 0.3) is 0 Å². The van der Waals surface area contributed by atoms with Crippen molar-refractivity contribution in [2.75, 3.05) is 6.61 Å². The van der Waals surface area contributed by atoms with Crippen molar-refractivity contribution in [2.24, 2.45) is 17.3 Å². The maximum Gasteiger partial charge on any atom is 0.334 e. The summed E-state index contributed by atoms with van der Waals surface area (Å²) in [6.07, 6.45) is -0.899. The molecule has 0 aromatic carbocycles. The summed E-state index contributed by atoms with van der Waals surface area (Å²) in [7, 11) is 0. The molecule has 6 unspecified atom stereocenters. The molecule has 6 nitrogen and oxygen atoms in total. The second-order valence-electron chi connectivity index (χ2n) is 8.90. The van der Waals surface area contributed by atoms with Crippen LogP contribution in [0.25, 0.3) is 0 Å². The molecule has 0 radical (unpaired) electrons. The third-order valence-corrected chi connectivity index (χ3v) is 7.58. The summed E-state index contributed by atoms with van der Waals surface area (Å²) >= 11 is 0. The van der Waals surface area contributed by atoms with E-state index >= 15 is 0 Å². The quantitative estimate of drug-likeness (QED) is 0.536. The highest BCUT2D eigenvalue weighted by Crippen LogP contribution is 2.63. The van der Waals surface area contributed by atoms with Crippen LogP contribution < -0.4 is 0 Å². The van der Waals surface area contributed by atoms with E-state index in [9.17, 15) is 19.8 Å². The molecular weight excluding hydrogens is 336 g/mol. The Hall–Kier alpha value is -1.50. The standard InChI is InChI=1S/C20H24O6/c1-8(2)20-16(23)13-12(21)6-11-10-7-25-18(24)9(10)4-5-19(11,3)14(13)15(22)17(20)26-20/h8,11,15-17,22-23H,4-7H2,1-3H3. The van der Waals surface area contributed by atoms with E-state index < -0.39 is 29.3 Å². The summed E-state index contributed by atoms with van der Waals surface area (Å²) < 4.78 is 11.0. The molecule has 2 heterocycles. The zero-order valence-corrected chi connectivity index (χ0v) is 15.2. The lowest BCUT2D eigenvalue weighted by Gasteiger charge is -2.50. The van der Waals surface area contributed by atoms with Gasteiger partial charge in [-0.2, -0.15) is 0 Å². The highest BCUT2D eigenvalue weighted by molar-refractivity contribution is 6.01. The highest BCUT2D eigenvalue weighted by Gasteiger charge is 2.73. The number of cyclic esters (lactones) is 1. The van der Waals surface area contributed by atoms with Gasteiger partial charge in [0, 0.05) is 23.5 Å². The van der Waals surface area contributed by atoms with Gasteiger partial charge in [0.15, 0.2) is 5.78 Å². The van der Waals surface area contributed by atoms with Gasteiger partial charge in [0.2, 0.25) is 0 Å². The molecule has 140 valence electrons. The molecule has 0 spiro atoms. The van der Waals surface area contributed by atoms with Crippen molar-refractivity contribution >= 4 is 11.8 Å². The zero-order valence-electron chi connectivity index (χ0n) is 15.2. The van der Waals surface area contributed by atoms with Gasteiger partial charge in [0.1, 0.15) is 30.5 Å². The van der Waals surface area contributed by atoms with E-state index in [0.29, 0.717) is 29.6 Å². The van der Waals surface area contributed by atoms with Crippen molar-refractivity contribution < 1.29 is 29.3 Å². The van der Waals surface area contributed by atoms with Crippen molar-refractivity contribution in [3.63, 3.8) is 0 Å². The molecule has 2 N–H and O–H groups in total. The SMILES string of the molecule is CC(C)C12OC1C(O)C1=C(C(=O)CC3C4=C(CCC13C)C(=O)OC4)C2O. The number of carbonyl (C=O) groups excluding carboxylic acids is 2. The topological polar surface area (TPSA) is 96.4 Å². The number of carbonyl (C=O) groups is 2. The fourth-order valence-electron chi connectivity index (χ4n) is 6.06. The number of hydrogen-bond acceptors (Lipinski definition) is 6. The van der Waals surface area contributed by atoms with Crippen LogP contribution in [0.2, 0.25) is 0 Å². The summed E-state index contributed by atoms with van der Waals surface area (Å²) in [5.41, 5.74) is 1.27. The number of rotatable bonds is 1. The normalized spacial score (nSPS) is 46.7. The second kappa shape index (κ2) is 4.86. The first kappa shape index (κ1) is 16.7. The monoisotopic (exact) mass is 360 g/mol. The van der Waals surface area contributed by atoms with Crippen LogP contribution in [0.4, 0.5) is 0 Å². The summed E-state index contributed by atoms with van der Waals surface area (Å²) in [4.78, 5) is 25.0. The van der Waals surface area contributed by atoms with Crippen LogP contribution in [0.15, 0.2) is 22.3 Å². The van der Waals surface area contributed by atoms with Crippen LogP contribution in [0.5, 0.6) is 0 Å². The van der Waals surface area contributed by atoms with Crippen LogP contribution in [0.1, 0.15) is 40.0 Å². The fourth-order valence-corrected chi connectivity index (χ4v) is 6.06. The van der Waals surface area contributed by atoms with E-state index in [2.05, 4.69) is 0 Å². The molecule has 0 bridgehead atoms. The van der Waals surface area contributed by atoms with Gasteiger partial charge in [-0.1, -0.05) is 20.8 Å². The number of Topliss-reactive ketones (excluding diaryl/α,β-unsaturated/α-hetero) is 1. The first-order valence-corrected chi connectivity index (χ1v) is 9.44. The van der Waals surface area contributed by atoms with E-state index in [1.807, 2.05) is 20.8 Å². The summed E-state index contributed by atoms with van der Waals surface area (Å²) in [5, 5.41) is 22.2. The van der Waals surface area contributed by atoms with Gasteiger partial charge < -0.3 is 19.7 Å².